The summed E-state index contributed by atoms with van der Waals surface area (Å²) in [4.78, 5) is 13.7. The molecule has 2 rings (SSSR count). The summed E-state index contributed by atoms with van der Waals surface area (Å²) >= 11 is 0. The Morgan fingerprint density at radius 1 is 1.24 bits per heavy atom. The number of anilines is 1. The van der Waals surface area contributed by atoms with Gasteiger partial charge in [-0.05, 0) is 43.9 Å². The van der Waals surface area contributed by atoms with Crippen molar-refractivity contribution >= 4 is 24.1 Å². The number of nitrogens with two attached hydrogens (primary N) is 1. The van der Waals surface area contributed by atoms with Gasteiger partial charge in [-0.15, -0.1) is 12.4 Å². The van der Waals surface area contributed by atoms with Crippen LogP contribution in [-0.2, 0) is 0 Å². The third-order valence-corrected chi connectivity index (χ3v) is 3.59. The number of nitrogens with one attached hydrogen (secondary N) is 1. The Hall–Kier alpha value is -1.40. The van der Waals surface area contributed by atoms with Crippen LogP contribution in [0.1, 0.15) is 19.3 Å². The fraction of sp³-hybridized carbons (Fsp3) is 0.500. The molecule has 21 heavy (non-hydrogen) atoms. The number of nitrogens with zero attached hydrogens (tertiary/aromatic N) is 1. The molecule has 7 heteroatoms. The van der Waals surface area contributed by atoms with Crippen LogP contribution in [0.2, 0.25) is 0 Å². The molecule has 1 aromatic carbocycles. The minimum atomic E-state index is -0.707. The van der Waals surface area contributed by atoms with Gasteiger partial charge >= 0.3 is 6.03 Å². The molecule has 0 spiro atoms. The molecule has 0 radical (unpaired) electrons. The predicted molar refractivity (Wildman–Crippen MR) is 80.6 cm³/mol. The van der Waals surface area contributed by atoms with Crippen molar-refractivity contribution in [3.63, 3.8) is 0 Å². The van der Waals surface area contributed by atoms with E-state index in [2.05, 4.69) is 5.32 Å². The summed E-state index contributed by atoms with van der Waals surface area (Å²) in [6, 6.07) is 2.65. The summed E-state index contributed by atoms with van der Waals surface area (Å²) in [7, 11) is 0. The van der Waals surface area contributed by atoms with E-state index in [1.54, 1.807) is 4.90 Å². The second-order valence-corrected chi connectivity index (χ2v) is 5.10. The number of carbonyl (C=O) groups is 1. The molecule has 1 aliphatic rings. The Morgan fingerprint density at radius 2 is 1.81 bits per heavy atom. The van der Waals surface area contributed by atoms with E-state index in [1.807, 2.05) is 0 Å². The summed E-state index contributed by atoms with van der Waals surface area (Å²) in [6.07, 6.45) is 2.81. The number of benzene rings is 1. The average molecular weight is 320 g/mol. The van der Waals surface area contributed by atoms with Gasteiger partial charge in [-0.1, -0.05) is 0 Å². The number of carbonyl (C=O) groups excluding carboxylic acids is 1. The van der Waals surface area contributed by atoms with Crippen molar-refractivity contribution in [2.24, 2.45) is 11.7 Å². The monoisotopic (exact) mass is 319 g/mol. The van der Waals surface area contributed by atoms with Crippen molar-refractivity contribution < 1.29 is 13.6 Å². The van der Waals surface area contributed by atoms with Gasteiger partial charge in [-0.3, -0.25) is 0 Å². The maximum Gasteiger partial charge on any atom is 0.321 e. The third kappa shape index (κ3) is 5.13. The van der Waals surface area contributed by atoms with Crippen LogP contribution in [-0.4, -0.2) is 30.6 Å². The molecule has 2 amide bonds. The highest BCUT2D eigenvalue weighted by molar-refractivity contribution is 5.89. The number of halogens is 3. The Morgan fingerprint density at radius 3 is 2.33 bits per heavy atom. The standard InChI is InChI=1S/C14H19F2N3O.ClH/c15-11-7-12(16)9-13(8-11)18-14(20)19-5-2-10(1-4-17)3-6-19;/h7-10H,1-6,17H2,(H,18,20);1H. The summed E-state index contributed by atoms with van der Waals surface area (Å²) < 4.78 is 26.1. The lowest BCUT2D eigenvalue weighted by Gasteiger charge is -2.31. The van der Waals surface area contributed by atoms with E-state index in [0.717, 1.165) is 37.5 Å². The van der Waals surface area contributed by atoms with Crippen LogP contribution in [0.4, 0.5) is 19.3 Å². The second kappa shape index (κ2) is 8.14. The van der Waals surface area contributed by atoms with Crippen LogP contribution >= 0.6 is 12.4 Å². The van der Waals surface area contributed by atoms with Crippen LogP contribution in [0, 0.1) is 17.6 Å². The zero-order valence-electron chi connectivity index (χ0n) is 11.6. The molecule has 118 valence electrons. The normalized spacial score (nSPS) is 15.5. The highest BCUT2D eigenvalue weighted by Gasteiger charge is 2.22. The van der Waals surface area contributed by atoms with Crippen LogP contribution in [0.25, 0.3) is 0 Å². The number of piperidine rings is 1. The lowest BCUT2D eigenvalue weighted by atomic mass is 9.94. The van der Waals surface area contributed by atoms with Gasteiger partial charge in [-0.2, -0.15) is 0 Å². The first-order chi connectivity index (χ1) is 9.58. The molecule has 1 fully saturated rings. The molecule has 1 aromatic rings. The molecule has 0 atom stereocenters. The first kappa shape index (κ1) is 17.7. The summed E-state index contributed by atoms with van der Waals surface area (Å²) in [5, 5.41) is 2.52. The van der Waals surface area contributed by atoms with Gasteiger partial charge in [0.25, 0.3) is 0 Å². The van der Waals surface area contributed by atoms with E-state index < -0.39 is 11.6 Å². The van der Waals surface area contributed by atoms with Crippen molar-refractivity contribution in [1.29, 1.82) is 0 Å². The van der Waals surface area contributed by atoms with Crippen molar-refractivity contribution in [2.45, 2.75) is 19.3 Å². The van der Waals surface area contributed by atoms with E-state index >= 15 is 0 Å². The quantitative estimate of drug-likeness (QED) is 0.900. The molecule has 0 bridgehead atoms. The van der Waals surface area contributed by atoms with Crippen molar-refractivity contribution in [2.75, 3.05) is 25.0 Å². The number of likely N-dealkylation sites (tertiary alicyclic amines) is 1. The van der Waals surface area contributed by atoms with Gasteiger partial charge in [0.2, 0.25) is 0 Å². The molecule has 0 aromatic heterocycles. The maximum atomic E-state index is 13.0. The first-order valence-corrected chi connectivity index (χ1v) is 6.80. The lowest BCUT2D eigenvalue weighted by Crippen LogP contribution is -2.41. The second-order valence-electron chi connectivity index (χ2n) is 5.10. The molecular weight excluding hydrogens is 300 g/mol. The van der Waals surface area contributed by atoms with Crippen LogP contribution < -0.4 is 11.1 Å². The largest absolute Gasteiger partial charge is 0.330 e. The summed E-state index contributed by atoms with van der Waals surface area (Å²) in [5.74, 6) is -0.848. The molecule has 0 saturated carbocycles. The molecular formula is C14H20ClF2N3O. The lowest BCUT2D eigenvalue weighted by molar-refractivity contribution is 0.180. The summed E-state index contributed by atoms with van der Waals surface area (Å²) in [5.41, 5.74) is 5.66. The van der Waals surface area contributed by atoms with E-state index in [0.29, 0.717) is 25.6 Å². The van der Waals surface area contributed by atoms with Gasteiger partial charge in [0, 0.05) is 24.8 Å². The Labute approximate surface area is 129 Å². The molecule has 0 unspecified atom stereocenters. The minimum Gasteiger partial charge on any atom is -0.330 e. The third-order valence-electron chi connectivity index (χ3n) is 3.59. The highest BCUT2D eigenvalue weighted by atomic mass is 35.5. The van der Waals surface area contributed by atoms with Gasteiger partial charge in [0.05, 0.1) is 0 Å². The number of urea groups is 1. The number of hydrogen-bond donors (Lipinski definition) is 2. The van der Waals surface area contributed by atoms with Gasteiger partial charge in [0.15, 0.2) is 0 Å². The first-order valence-electron chi connectivity index (χ1n) is 6.80. The van der Waals surface area contributed by atoms with Crippen molar-refractivity contribution in [3.05, 3.63) is 29.8 Å². The van der Waals surface area contributed by atoms with Crippen LogP contribution in [0.5, 0.6) is 0 Å². The fourth-order valence-electron chi connectivity index (χ4n) is 2.49. The molecule has 1 aliphatic heterocycles. The maximum absolute atomic E-state index is 13.0. The zero-order chi connectivity index (χ0) is 14.5. The van der Waals surface area contributed by atoms with Gasteiger partial charge in [0.1, 0.15) is 11.6 Å². The Kier molecular flexibility index (Phi) is 6.84. The highest BCUT2D eigenvalue weighted by Crippen LogP contribution is 2.21. The topological polar surface area (TPSA) is 58.4 Å². The number of rotatable bonds is 3. The van der Waals surface area contributed by atoms with Crippen LogP contribution in [0.15, 0.2) is 18.2 Å². The van der Waals surface area contributed by atoms with E-state index in [1.165, 1.54) is 0 Å². The Balaban J connectivity index is 0.00000220. The fourth-order valence-corrected chi connectivity index (χ4v) is 2.49. The van der Waals surface area contributed by atoms with E-state index in [9.17, 15) is 13.6 Å². The SMILES string of the molecule is Cl.NCCC1CCN(C(=O)Nc2cc(F)cc(F)c2)CC1. The van der Waals surface area contributed by atoms with Gasteiger partial charge in [-0.25, -0.2) is 13.6 Å². The zero-order valence-corrected chi connectivity index (χ0v) is 12.5. The van der Waals surface area contributed by atoms with Gasteiger partial charge < -0.3 is 16.0 Å². The van der Waals surface area contributed by atoms with E-state index in [-0.39, 0.29) is 24.1 Å². The van der Waals surface area contributed by atoms with Crippen LogP contribution in [0.3, 0.4) is 0 Å². The summed E-state index contributed by atoms with van der Waals surface area (Å²) in [6.45, 7) is 1.96. The molecule has 0 aliphatic carbocycles. The number of hydrogen-bond acceptors (Lipinski definition) is 2. The van der Waals surface area contributed by atoms with Crippen molar-refractivity contribution in [3.8, 4) is 0 Å². The molecule has 1 heterocycles. The van der Waals surface area contributed by atoms with Crippen molar-refractivity contribution in [1.82, 2.24) is 4.90 Å². The minimum absolute atomic E-state index is 0. The molecule has 1 saturated heterocycles. The Bertz CT molecular complexity index is 459. The molecule has 4 nitrogen and oxygen atoms in total. The molecule has 3 N–H and O–H groups in total. The van der Waals surface area contributed by atoms with E-state index in [4.69, 9.17) is 5.73 Å². The smallest absolute Gasteiger partial charge is 0.321 e. The number of amides is 2. The predicted octanol–water partition coefficient (Wildman–Crippen LogP) is 2.98. The average Bonchev–Trinajstić information content (AvgIpc) is 2.38.